The van der Waals surface area contributed by atoms with E-state index in [0.717, 1.165) is 41.9 Å². The van der Waals surface area contributed by atoms with Crippen LogP contribution in [0, 0.1) is 0 Å². The average molecular weight is 397 g/mol. The molecule has 0 aromatic heterocycles. The van der Waals surface area contributed by atoms with Gasteiger partial charge >= 0.3 is 0 Å². The van der Waals surface area contributed by atoms with Crippen LogP contribution >= 0.6 is 27.7 Å². The Morgan fingerprint density at radius 1 is 1.26 bits per heavy atom. The number of nitrogens with one attached hydrogen (secondary N) is 1. The fraction of sp³-hybridized carbons (Fsp3) is 0.438. The normalized spacial score (nSPS) is 24.8. The molecule has 1 saturated carbocycles. The monoisotopic (exact) mass is 396 g/mol. The molecule has 1 saturated heterocycles. The molecular formula is C16H17BrN2O3S. The number of rotatable bonds is 3. The number of nitrogens with zero attached hydrogens (tertiary/aromatic N) is 1. The molecule has 0 radical (unpaired) electrons. The summed E-state index contributed by atoms with van der Waals surface area (Å²) in [6.45, 7) is 0. The number of halogens is 1. The molecule has 1 aliphatic carbocycles. The minimum absolute atomic E-state index is 0.145. The smallest absolute Gasteiger partial charge is 0.289 e. The van der Waals surface area contributed by atoms with Crippen molar-refractivity contribution in [3.63, 3.8) is 0 Å². The summed E-state index contributed by atoms with van der Waals surface area (Å²) < 4.78 is 0.839. The summed E-state index contributed by atoms with van der Waals surface area (Å²) in [6, 6.07) is 6.77. The highest BCUT2D eigenvalue weighted by Gasteiger charge is 2.41. The summed E-state index contributed by atoms with van der Waals surface area (Å²) in [5.41, 5.74) is 0.567. The molecule has 1 aliphatic heterocycles. The molecule has 2 fully saturated rings. The lowest BCUT2D eigenvalue weighted by Crippen LogP contribution is -2.54. The van der Waals surface area contributed by atoms with Gasteiger partial charge in [-0.1, -0.05) is 46.6 Å². The van der Waals surface area contributed by atoms with Gasteiger partial charge in [-0.15, -0.1) is 0 Å². The van der Waals surface area contributed by atoms with E-state index >= 15 is 0 Å². The maximum atomic E-state index is 12.5. The van der Waals surface area contributed by atoms with Crippen molar-refractivity contribution in [1.29, 1.82) is 0 Å². The van der Waals surface area contributed by atoms with E-state index in [1.165, 1.54) is 4.90 Å². The Kier molecular flexibility index (Phi) is 5.06. The van der Waals surface area contributed by atoms with Crippen LogP contribution in [-0.2, 0) is 4.79 Å². The fourth-order valence-corrected chi connectivity index (χ4v) is 4.32. The van der Waals surface area contributed by atoms with Gasteiger partial charge in [0, 0.05) is 10.0 Å². The molecule has 0 spiro atoms. The van der Waals surface area contributed by atoms with Crippen LogP contribution in [0.4, 0.5) is 4.79 Å². The number of hydrogen-bond donors (Lipinski definition) is 1. The van der Waals surface area contributed by atoms with Gasteiger partial charge < -0.3 is 5.32 Å². The zero-order valence-electron chi connectivity index (χ0n) is 12.5. The molecule has 1 aromatic rings. The molecule has 3 rings (SSSR count). The van der Waals surface area contributed by atoms with Gasteiger partial charge in [-0.3, -0.25) is 19.3 Å². The summed E-state index contributed by atoms with van der Waals surface area (Å²) in [5, 5.41) is 2.82. The number of carbonyl (C=O) groups is 3. The predicted octanol–water partition coefficient (Wildman–Crippen LogP) is 3.19. The fourth-order valence-electron chi connectivity index (χ4n) is 3.15. The molecule has 2 aliphatic rings. The second kappa shape index (κ2) is 7.05. The third-order valence-corrected chi connectivity index (χ3v) is 5.58. The SMILES string of the molecule is O=C(NC1CCCCC1N1C(=O)CSC1=O)c1cccc(Br)c1. The van der Waals surface area contributed by atoms with Gasteiger partial charge in [0.25, 0.3) is 11.1 Å². The molecule has 3 amide bonds. The molecule has 1 N–H and O–H groups in total. The molecule has 2 atom stereocenters. The van der Waals surface area contributed by atoms with Gasteiger partial charge in [0.1, 0.15) is 0 Å². The molecule has 1 aromatic carbocycles. The van der Waals surface area contributed by atoms with Gasteiger partial charge in [-0.2, -0.15) is 0 Å². The van der Waals surface area contributed by atoms with E-state index in [1.807, 2.05) is 12.1 Å². The maximum Gasteiger partial charge on any atom is 0.289 e. The van der Waals surface area contributed by atoms with Crippen LogP contribution in [0.15, 0.2) is 28.7 Å². The first kappa shape index (κ1) is 16.5. The zero-order chi connectivity index (χ0) is 16.4. The van der Waals surface area contributed by atoms with Gasteiger partial charge in [0.15, 0.2) is 0 Å². The summed E-state index contributed by atoms with van der Waals surface area (Å²) in [6.07, 6.45) is 3.49. The van der Waals surface area contributed by atoms with Crippen LogP contribution in [-0.4, -0.2) is 39.8 Å². The van der Waals surface area contributed by atoms with E-state index in [1.54, 1.807) is 12.1 Å². The van der Waals surface area contributed by atoms with Crippen LogP contribution in [0.2, 0.25) is 0 Å². The predicted molar refractivity (Wildman–Crippen MR) is 92.4 cm³/mol. The Morgan fingerprint density at radius 2 is 2.04 bits per heavy atom. The number of benzene rings is 1. The Morgan fingerprint density at radius 3 is 2.74 bits per heavy atom. The van der Waals surface area contributed by atoms with Gasteiger partial charge in [-0.25, -0.2) is 0 Å². The first-order valence-corrected chi connectivity index (χ1v) is 9.39. The van der Waals surface area contributed by atoms with E-state index in [0.29, 0.717) is 5.56 Å². The van der Waals surface area contributed by atoms with E-state index in [4.69, 9.17) is 0 Å². The third kappa shape index (κ3) is 3.61. The van der Waals surface area contributed by atoms with Crippen LogP contribution in [0.3, 0.4) is 0 Å². The van der Waals surface area contributed by atoms with Crippen molar-refractivity contribution in [3.8, 4) is 0 Å². The Hall–Kier alpha value is -1.34. The Labute approximate surface area is 147 Å². The molecule has 2 unspecified atom stereocenters. The first-order valence-electron chi connectivity index (χ1n) is 7.61. The van der Waals surface area contributed by atoms with Crippen LogP contribution in [0.1, 0.15) is 36.0 Å². The number of thioether (sulfide) groups is 1. The van der Waals surface area contributed by atoms with Crippen molar-refractivity contribution in [2.75, 3.05) is 5.75 Å². The highest BCUT2D eigenvalue weighted by molar-refractivity contribution is 9.10. The minimum atomic E-state index is -0.227. The van der Waals surface area contributed by atoms with E-state index < -0.39 is 0 Å². The highest BCUT2D eigenvalue weighted by Crippen LogP contribution is 2.30. The Balaban J connectivity index is 1.75. The lowest BCUT2D eigenvalue weighted by Gasteiger charge is -2.36. The highest BCUT2D eigenvalue weighted by atomic mass is 79.9. The summed E-state index contributed by atoms with van der Waals surface area (Å²) in [4.78, 5) is 37.8. The lowest BCUT2D eigenvalue weighted by molar-refractivity contribution is -0.127. The molecular weight excluding hydrogens is 380 g/mol. The van der Waals surface area contributed by atoms with Gasteiger partial charge in [0.05, 0.1) is 17.8 Å². The topological polar surface area (TPSA) is 66.5 Å². The molecule has 122 valence electrons. The number of hydrogen-bond acceptors (Lipinski definition) is 4. The average Bonchev–Trinajstić information content (AvgIpc) is 2.87. The summed E-state index contributed by atoms with van der Waals surface area (Å²) in [7, 11) is 0. The van der Waals surface area contributed by atoms with Crippen LogP contribution in [0.25, 0.3) is 0 Å². The second-order valence-corrected chi connectivity index (χ2v) is 7.60. The lowest BCUT2D eigenvalue weighted by atomic mass is 9.89. The molecule has 7 heteroatoms. The molecule has 23 heavy (non-hydrogen) atoms. The standard InChI is InChI=1S/C16H17BrN2O3S/c17-11-5-3-4-10(8-11)15(21)18-12-6-1-2-7-13(12)19-14(20)9-23-16(19)22/h3-5,8,12-13H,1-2,6-7,9H2,(H,18,21). The van der Waals surface area contributed by atoms with Crippen molar-refractivity contribution in [2.24, 2.45) is 0 Å². The quantitative estimate of drug-likeness (QED) is 0.851. The van der Waals surface area contributed by atoms with Crippen molar-refractivity contribution in [1.82, 2.24) is 10.2 Å². The van der Waals surface area contributed by atoms with Crippen molar-refractivity contribution in [3.05, 3.63) is 34.3 Å². The van der Waals surface area contributed by atoms with E-state index in [2.05, 4.69) is 21.2 Å². The van der Waals surface area contributed by atoms with Crippen molar-refractivity contribution < 1.29 is 14.4 Å². The van der Waals surface area contributed by atoms with E-state index in [-0.39, 0.29) is 34.9 Å². The summed E-state index contributed by atoms with van der Waals surface area (Å²) >= 11 is 4.40. The zero-order valence-corrected chi connectivity index (χ0v) is 14.9. The minimum Gasteiger partial charge on any atom is -0.347 e. The van der Waals surface area contributed by atoms with E-state index in [9.17, 15) is 14.4 Å². The van der Waals surface area contributed by atoms with Crippen LogP contribution < -0.4 is 5.32 Å². The summed E-state index contributed by atoms with van der Waals surface area (Å²) in [5.74, 6) is -0.106. The molecule has 1 heterocycles. The first-order chi connectivity index (χ1) is 11.1. The third-order valence-electron chi connectivity index (χ3n) is 4.25. The molecule has 5 nitrogen and oxygen atoms in total. The van der Waals surface area contributed by atoms with Crippen molar-refractivity contribution in [2.45, 2.75) is 37.8 Å². The number of amides is 3. The van der Waals surface area contributed by atoms with Gasteiger partial charge in [0.2, 0.25) is 5.91 Å². The molecule has 0 bridgehead atoms. The number of carbonyl (C=O) groups excluding carboxylic acids is 3. The van der Waals surface area contributed by atoms with Crippen LogP contribution in [0.5, 0.6) is 0 Å². The maximum absolute atomic E-state index is 12.5. The Bertz CT molecular complexity index is 636. The number of imide groups is 1. The van der Waals surface area contributed by atoms with Gasteiger partial charge in [-0.05, 0) is 31.0 Å². The van der Waals surface area contributed by atoms with Crippen molar-refractivity contribution >= 4 is 44.7 Å². The largest absolute Gasteiger partial charge is 0.347 e. The second-order valence-electron chi connectivity index (χ2n) is 5.76.